The Bertz CT molecular complexity index is 861. The van der Waals surface area contributed by atoms with E-state index in [4.69, 9.17) is 0 Å². The summed E-state index contributed by atoms with van der Waals surface area (Å²) in [5, 5.41) is 0. The molecule has 0 atom stereocenters. The average Bonchev–Trinajstić information content (AvgIpc) is 3.14. The van der Waals surface area contributed by atoms with Gasteiger partial charge in [-0.25, -0.2) is 4.98 Å². The summed E-state index contributed by atoms with van der Waals surface area (Å²) in [7, 11) is 0. The van der Waals surface area contributed by atoms with Crippen LogP contribution in [-0.4, -0.2) is 21.4 Å². The Hall–Kier alpha value is -2.93. The van der Waals surface area contributed by atoms with Gasteiger partial charge in [-0.05, 0) is 52.3 Å². The Morgan fingerprint density at radius 2 is 1.67 bits per heavy atom. The van der Waals surface area contributed by atoms with Gasteiger partial charge in [0.15, 0.2) is 0 Å². The molecule has 24 heavy (non-hydrogen) atoms. The molecular weight excluding hydrogens is 372 g/mol. The summed E-state index contributed by atoms with van der Waals surface area (Å²) in [4.78, 5) is 28.1. The molecule has 0 aliphatic heterocycles. The standard InChI is InChI=1S/C17H13BrN4O2/c18-15-4-2-1-3-14(15)17(24)21-20-16(23)12-5-7-13(8-6-12)22-10-9-19-11-22/h1-11H,(H,20,23)(H,21,24). The molecule has 6 nitrogen and oxygen atoms in total. The molecule has 2 amide bonds. The molecule has 3 rings (SSSR count). The number of hydrogen-bond acceptors (Lipinski definition) is 3. The molecule has 3 aromatic rings. The molecule has 0 saturated heterocycles. The van der Waals surface area contributed by atoms with Gasteiger partial charge in [0, 0.05) is 28.1 Å². The molecule has 1 aromatic heterocycles. The highest BCUT2D eigenvalue weighted by molar-refractivity contribution is 9.10. The number of rotatable bonds is 3. The van der Waals surface area contributed by atoms with Crippen molar-refractivity contribution in [1.29, 1.82) is 0 Å². The lowest BCUT2D eigenvalue weighted by Gasteiger charge is -2.09. The molecule has 0 fully saturated rings. The highest BCUT2D eigenvalue weighted by atomic mass is 79.9. The van der Waals surface area contributed by atoms with Gasteiger partial charge >= 0.3 is 0 Å². The molecule has 0 bridgehead atoms. The number of halogens is 1. The first-order chi connectivity index (χ1) is 11.6. The molecular formula is C17H13BrN4O2. The normalized spacial score (nSPS) is 10.2. The zero-order valence-corrected chi connectivity index (χ0v) is 14.0. The first-order valence-corrected chi connectivity index (χ1v) is 7.88. The van der Waals surface area contributed by atoms with Crippen molar-refractivity contribution in [3.63, 3.8) is 0 Å². The molecule has 7 heteroatoms. The van der Waals surface area contributed by atoms with E-state index in [9.17, 15) is 9.59 Å². The van der Waals surface area contributed by atoms with Crippen LogP contribution in [0.1, 0.15) is 20.7 Å². The number of nitrogens with one attached hydrogen (secondary N) is 2. The van der Waals surface area contributed by atoms with E-state index in [1.165, 1.54) is 0 Å². The molecule has 0 aliphatic carbocycles. The number of carbonyl (C=O) groups is 2. The largest absolute Gasteiger partial charge is 0.306 e. The van der Waals surface area contributed by atoms with E-state index >= 15 is 0 Å². The van der Waals surface area contributed by atoms with Crippen LogP contribution in [0.5, 0.6) is 0 Å². The van der Waals surface area contributed by atoms with Crippen LogP contribution >= 0.6 is 15.9 Å². The quantitative estimate of drug-likeness (QED) is 0.681. The lowest BCUT2D eigenvalue weighted by molar-refractivity contribution is 0.0846. The molecule has 0 spiro atoms. The fraction of sp³-hybridized carbons (Fsp3) is 0. The van der Waals surface area contributed by atoms with Gasteiger partial charge in [0.1, 0.15) is 0 Å². The summed E-state index contributed by atoms with van der Waals surface area (Å²) in [6, 6.07) is 13.9. The maximum Gasteiger partial charge on any atom is 0.270 e. The van der Waals surface area contributed by atoms with Gasteiger partial charge in [0.25, 0.3) is 11.8 Å². The third-order valence-corrected chi connectivity index (χ3v) is 4.03. The number of hydrogen-bond donors (Lipinski definition) is 2. The van der Waals surface area contributed by atoms with Gasteiger partial charge < -0.3 is 4.57 Å². The minimum atomic E-state index is -0.397. The molecule has 2 N–H and O–H groups in total. The number of aromatic nitrogens is 2. The van der Waals surface area contributed by atoms with Gasteiger partial charge in [-0.15, -0.1) is 0 Å². The molecule has 1 heterocycles. The van der Waals surface area contributed by atoms with Crippen molar-refractivity contribution in [3.05, 3.63) is 82.9 Å². The number of amides is 2. The van der Waals surface area contributed by atoms with Crippen LogP contribution < -0.4 is 10.9 Å². The molecule has 0 aliphatic rings. The van der Waals surface area contributed by atoms with E-state index in [0.717, 1.165) is 5.69 Å². The van der Waals surface area contributed by atoms with Gasteiger partial charge in [0.2, 0.25) is 0 Å². The summed E-state index contributed by atoms with van der Waals surface area (Å²) in [5.41, 5.74) is 6.56. The van der Waals surface area contributed by atoms with E-state index in [2.05, 4.69) is 31.8 Å². The monoisotopic (exact) mass is 384 g/mol. The van der Waals surface area contributed by atoms with E-state index in [1.54, 1.807) is 61.1 Å². The van der Waals surface area contributed by atoms with Crippen molar-refractivity contribution in [1.82, 2.24) is 20.4 Å². The number of benzene rings is 2. The Balaban J connectivity index is 1.63. The van der Waals surface area contributed by atoms with E-state index in [0.29, 0.717) is 15.6 Å². The highest BCUT2D eigenvalue weighted by Gasteiger charge is 2.11. The van der Waals surface area contributed by atoms with Gasteiger partial charge in [-0.2, -0.15) is 0 Å². The van der Waals surface area contributed by atoms with Gasteiger partial charge in [-0.1, -0.05) is 12.1 Å². The van der Waals surface area contributed by atoms with Crippen LogP contribution in [-0.2, 0) is 0 Å². The van der Waals surface area contributed by atoms with Crippen LogP contribution in [0, 0.1) is 0 Å². The first kappa shape index (κ1) is 15.9. The second-order valence-electron chi connectivity index (χ2n) is 4.90. The second kappa shape index (κ2) is 7.10. The van der Waals surface area contributed by atoms with Crippen molar-refractivity contribution in [3.8, 4) is 5.69 Å². The molecule has 120 valence electrons. The SMILES string of the molecule is O=C(NNC(=O)c1ccccc1Br)c1ccc(-n2ccnc2)cc1. The Morgan fingerprint density at radius 3 is 2.33 bits per heavy atom. The Kier molecular flexibility index (Phi) is 4.72. The summed E-state index contributed by atoms with van der Waals surface area (Å²) in [6.07, 6.45) is 5.16. The second-order valence-corrected chi connectivity index (χ2v) is 5.76. The maximum absolute atomic E-state index is 12.1. The van der Waals surface area contributed by atoms with Crippen LogP contribution in [0.3, 0.4) is 0 Å². The van der Waals surface area contributed by atoms with Crippen molar-refractivity contribution < 1.29 is 9.59 Å². The van der Waals surface area contributed by atoms with Crippen LogP contribution in [0.15, 0.2) is 71.7 Å². The van der Waals surface area contributed by atoms with Gasteiger partial charge in [-0.3, -0.25) is 20.4 Å². The third-order valence-electron chi connectivity index (χ3n) is 3.34. The van der Waals surface area contributed by atoms with Crippen molar-refractivity contribution in [2.45, 2.75) is 0 Å². The van der Waals surface area contributed by atoms with Gasteiger partial charge in [0.05, 0.1) is 11.9 Å². The summed E-state index contributed by atoms with van der Waals surface area (Å²) < 4.78 is 2.48. The maximum atomic E-state index is 12.1. The predicted octanol–water partition coefficient (Wildman–Crippen LogP) is 2.71. The number of imidazole rings is 1. The van der Waals surface area contributed by atoms with Crippen LogP contribution in [0.4, 0.5) is 0 Å². The molecule has 0 saturated carbocycles. The lowest BCUT2D eigenvalue weighted by Crippen LogP contribution is -2.41. The van der Waals surface area contributed by atoms with Crippen molar-refractivity contribution in [2.24, 2.45) is 0 Å². The van der Waals surface area contributed by atoms with Crippen molar-refractivity contribution >= 4 is 27.7 Å². The fourth-order valence-electron chi connectivity index (χ4n) is 2.10. The fourth-order valence-corrected chi connectivity index (χ4v) is 2.56. The number of nitrogens with zero attached hydrogens (tertiary/aromatic N) is 2. The van der Waals surface area contributed by atoms with E-state index in [1.807, 2.05) is 10.8 Å². The smallest absolute Gasteiger partial charge is 0.270 e. The summed E-state index contributed by atoms with van der Waals surface area (Å²) in [6.45, 7) is 0. The average molecular weight is 385 g/mol. The summed E-state index contributed by atoms with van der Waals surface area (Å²) >= 11 is 3.29. The highest BCUT2D eigenvalue weighted by Crippen LogP contribution is 2.15. The van der Waals surface area contributed by atoms with Crippen LogP contribution in [0.2, 0.25) is 0 Å². The molecule has 0 unspecified atom stereocenters. The van der Waals surface area contributed by atoms with E-state index in [-0.39, 0.29) is 0 Å². The minimum absolute atomic E-state index is 0.396. The third kappa shape index (κ3) is 3.52. The minimum Gasteiger partial charge on any atom is -0.306 e. The molecule has 2 aromatic carbocycles. The number of carbonyl (C=O) groups excluding carboxylic acids is 2. The van der Waals surface area contributed by atoms with Crippen molar-refractivity contribution in [2.75, 3.05) is 0 Å². The topological polar surface area (TPSA) is 76.0 Å². The zero-order chi connectivity index (χ0) is 16.9. The summed E-state index contributed by atoms with van der Waals surface area (Å²) in [5.74, 6) is -0.793. The Labute approximate surface area is 146 Å². The Morgan fingerprint density at radius 1 is 0.958 bits per heavy atom. The first-order valence-electron chi connectivity index (χ1n) is 7.09. The zero-order valence-electron chi connectivity index (χ0n) is 12.4. The van der Waals surface area contributed by atoms with Crippen LogP contribution in [0.25, 0.3) is 5.69 Å². The van der Waals surface area contributed by atoms with E-state index < -0.39 is 11.8 Å². The predicted molar refractivity (Wildman–Crippen MR) is 92.6 cm³/mol. The number of hydrazine groups is 1. The molecule has 0 radical (unpaired) electrons. The lowest BCUT2D eigenvalue weighted by atomic mass is 10.2.